The predicted molar refractivity (Wildman–Crippen MR) is 88.3 cm³/mol. The average molecular weight is 384 g/mol. The molecule has 0 spiro atoms. The Kier molecular flexibility index (Phi) is 5.09. The number of hydrogen-bond acceptors (Lipinski definition) is 6. The number of aromatic nitrogens is 3. The van der Waals surface area contributed by atoms with Crippen LogP contribution in [0.4, 0.5) is 13.2 Å². The van der Waals surface area contributed by atoms with Gasteiger partial charge in [-0.15, -0.1) is 22.7 Å². The molecule has 0 saturated heterocycles. The van der Waals surface area contributed by atoms with E-state index < -0.39 is 18.6 Å². The van der Waals surface area contributed by atoms with Crippen molar-refractivity contribution in [2.24, 2.45) is 0 Å². The third kappa shape index (κ3) is 4.60. The van der Waals surface area contributed by atoms with E-state index in [1.807, 2.05) is 0 Å². The minimum absolute atomic E-state index is 0.0479. The molecule has 0 aliphatic rings. The molecule has 0 aliphatic carbocycles. The second-order valence-electron chi connectivity index (χ2n) is 4.97. The number of carbonyl (C=O) groups excluding carboxylic acids is 1. The Morgan fingerprint density at radius 3 is 2.56 bits per heavy atom. The van der Waals surface area contributed by atoms with Gasteiger partial charge in [-0.05, 0) is 17.5 Å². The first-order valence-corrected chi connectivity index (χ1v) is 8.79. The van der Waals surface area contributed by atoms with Crippen LogP contribution in [0.25, 0.3) is 10.8 Å². The van der Waals surface area contributed by atoms with Gasteiger partial charge in [-0.1, -0.05) is 6.07 Å². The van der Waals surface area contributed by atoms with Crippen LogP contribution in [0.3, 0.4) is 0 Å². The minimum atomic E-state index is -4.49. The number of nitrogens with zero attached hydrogens (tertiary/aromatic N) is 4. The van der Waals surface area contributed by atoms with Gasteiger partial charge in [-0.3, -0.25) is 4.79 Å². The molecule has 3 rings (SSSR count). The fourth-order valence-corrected chi connectivity index (χ4v) is 3.51. The van der Waals surface area contributed by atoms with Crippen LogP contribution in [0, 0.1) is 0 Å². The maximum atomic E-state index is 12.9. The van der Waals surface area contributed by atoms with Crippen molar-refractivity contribution in [2.45, 2.75) is 12.7 Å². The van der Waals surface area contributed by atoms with Crippen molar-refractivity contribution < 1.29 is 18.0 Å². The summed E-state index contributed by atoms with van der Waals surface area (Å²) >= 11 is 2.40. The Labute approximate surface area is 148 Å². The van der Waals surface area contributed by atoms with Crippen molar-refractivity contribution in [1.29, 1.82) is 0 Å². The first kappa shape index (κ1) is 17.5. The van der Waals surface area contributed by atoms with Gasteiger partial charge in [-0.2, -0.15) is 13.2 Å². The van der Waals surface area contributed by atoms with E-state index in [1.165, 1.54) is 29.1 Å². The summed E-state index contributed by atoms with van der Waals surface area (Å²) in [4.78, 5) is 26.1. The fraction of sp³-hybridized carbons (Fsp3) is 0.200. The number of thiazole rings is 1. The van der Waals surface area contributed by atoms with E-state index in [4.69, 9.17) is 0 Å². The summed E-state index contributed by atoms with van der Waals surface area (Å²) in [5.74, 6) is -0.448. The van der Waals surface area contributed by atoms with Crippen LogP contribution in [0.15, 0.2) is 41.4 Å². The van der Waals surface area contributed by atoms with Crippen LogP contribution < -0.4 is 0 Å². The zero-order valence-electron chi connectivity index (χ0n) is 12.6. The Morgan fingerprint density at radius 2 is 1.92 bits per heavy atom. The third-order valence-electron chi connectivity index (χ3n) is 3.06. The number of rotatable bonds is 5. The van der Waals surface area contributed by atoms with Crippen molar-refractivity contribution in [3.8, 4) is 10.8 Å². The van der Waals surface area contributed by atoms with Crippen molar-refractivity contribution in [1.82, 2.24) is 19.9 Å². The lowest BCUT2D eigenvalue weighted by Crippen LogP contribution is -2.38. The molecule has 10 heteroatoms. The fourth-order valence-electron chi connectivity index (χ4n) is 2.05. The third-order valence-corrected chi connectivity index (χ3v) is 4.76. The summed E-state index contributed by atoms with van der Waals surface area (Å²) in [5, 5.41) is 3.55. The molecule has 1 amide bonds. The lowest BCUT2D eigenvalue weighted by atomic mass is 10.3. The lowest BCUT2D eigenvalue weighted by molar-refractivity contribution is -0.141. The maximum Gasteiger partial charge on any atom is 0.406 e. The zero-order valence-corrected chi connectivity index (χ0v) is 14.2. The minimum Gasteiger partial charge on any atom is -0.323 e. The topological polar surface area (TPSA) is 59.0 Å². The molecule has 0 radical (unpaired) electrons. The zero-order chi connectivity index (χ0) is 17.9. The molecule has 0 aliphatic heterocycles. The highest BCUT2D eigenvalue weighted by molar-refractivity contribution is 7.13. The number of alkyl halides is 3. The number of hydrogen-bond donors (Lipinski definition) is 0. The van der Waals surface area contributed by atoms with Gasteiger partial charge in [0.05, 0.1) is 6.54 Å². The molecule has 0 unspecified atom stereocenters. The van der Waals surface area contributed by atoms with Crippen LogP contribution in [-0.4, -0.2) is 38.5 Å². The summed E-state index contributed by atoms with van der Waals surface area (Å²) in [6.07, 6.45) is -1.44. The summed E-state index contributed by atoms with van der Waals surface area (Å²) in [5.41, 5.74) is -0.0479. The molecule has 25 heavy (non-hydrogen) atoms. The van der Waals surface area contributed by atoms with E-state index in [0.29, 0.717) is 15.7 Å². The quantitative estimate of drug-likeness (QED) is 0.670. The summed E-state index contributed by atoms with van der Waals surface area (Å²) in [7, 11) is 0. The average Bonchev–Trinajstić information content (AvgIpc) is 3.25. The molecule has 0 atom stereocenters. The van der Waals surface area contributed by atoms with Gasteiger partial charge < -0.3 is 4.90 Å². The van der Waals surface area contributed by atoms with E-state index in [-0.39, 0.29) is 12.2 Å². The maximum absolute atomic E-state index is 12.9. The second-order valence-corrected chi connectivity index (χ2v) is 6.86. The highest BCUT2D eigenvalue weighted by atomic mass is 32.1. The monoisotopic (exact) mass is 384 g/mol. The molecule has 0 fully saturated rings. The van der Waals surface area contributed by atoms with E-state index in [1.54, 1.807) is 23.6 Å². The van der Waals surface area contributed by atoms with Gasteiger partial charge in [0.2, 0.25) is 0 Å². The Morgan fingerprint density at radius 1 is 1.16 bits per heavy atom. The van der Waals surface area contributed by atoms with E-state index >= 15 is 0 Å². The van der Waals surface area contributed by atoms with Crippen LogP contribution >= 0.6 is 22.7 Å². The molecular formula is C15H11F3N4OS2. The highest BCUT2D eigenvalue weighted by Crippen LogP contribution is 2.24. The van der Waals surface area contributed by atoms with E-state index in [9.17, 15) is 18.0 Å². The first-order chi connectivity index (χ1) is 11.9. The Balaban J connectivity index is 1.83. The van der Waals surface area contributed by atoms with Crippen molar-refractivity contribution in [3.63, 3.8) is 0 Å². The number of carbonyl (C=O) groups is 1. The van der Waals surface area contributed by atoms with Crippen molar-refractivity contribution in [3.05, 3.63) is 51.9 Å². The van der Waals surface area contributed by atoms with E-state index in [2.05, 4.69) is 15.0 Å². The largest absolute Gasteiger partial charge is 0.406 e. The molecule has 0 saturated carbocycles. The number of halogens is 3. The van der Waals surface area contributed by atoms with Crippen molar-refractivity contribution >= 4 is 28.6 Å². The smallest absolute Gasteiger partial charge is 0.323 e. The van der Waals surface area contributed by atoms with Gasteiger partial charge >= 0.3 is 6.18 Å². The van der Waals surface area contributed by atoms with Crippen LogP contribution in [0.1, 0.15) is 15.4 Å². The molecule has 0 bridgehead atoms. The van der Waals surface area contributed by atoms with Gasteiger partial charge in [0.1, 0.15) is 12.2 Å². The van der Waals surface area contributed by atoms with Crippen molar-refractivity contribution in [2.75, 3.05) is 6.54 Å². The normalized spacial score (nSPS) is 11.5. The highest BCUT2D eigenvalue weighted by Gasteiger charge is 2.34. The molecule has 3 heterocycles. The molecule has 130 valence electrons. The Bertz CT molecular complexity index is 834. The van der Waals surface area contributed by atoms with Crippen LogP contribution in [0.2, 0.25) is 0 Å². The van der Waals surface area contributed by atoms with Gasteiger partial charge in [0.15, 0.2) is 10.8 Å². The van der Waals surface area contributed by atoms with Gasteiger partial charge in [-0.25, -0.2) is 15.0 Å². The first-order valence-electron chi connectivity index (χ1n) is 7.04. The van der Waals surface area contributed by atoms with Gasteiger partial charge in [0, 0.05) is 22.7 Å². The Hall–Kier alpha value is -2.33. The summed E-state index contributed by atoms with van der Waals surface area (Å²) in [6.45, 7) is -1.46. The lowest BCUT2D eigenvalue weighted by Gasteiger charge is -2.22. The van der Waals surface area contributed by atoms with Crippen LogP contribution in [0.5, 0.6) is 0 Å². The standard InChI is InChI=1S/C15H11F3N4OS2/c16-15(17,18)9-22(7-10-3-1-6-24-10)14(23)11-8-25-13(21-11)12-19-4-2-5-20-12/h1-6,8H,7,9H2. The molecular weight excluding hydrogens is 373 g/mol. The SMILES string of the molecule is O=C(c1csc(-c2ncccn2)n1)N(Cc1cccs1)CC(F)(F)F. The molecule has 5 nitrogen and oxygen atoms in total. The molecule has 3 aromatic heterocycles. The molecule has 0 aromatic carbocycles. The van der Waals surface area contributed by atoms with Gasteiger partial charge in [0.25, 0.3) is 5.91 Å². The summed E-state index contributed by atoms with van der Waals surface area (Å²) < 4.78 is 38.6. The van der Waals surface area contributed by atoms with Crippen LogP contribution in [-0.2, 0) is 6.54 Å². The second kappa shape index (κ2) is 7.28. The predicted octanol–water partition coefficient (Wildman–Crippen LogP) is 3.87. The van der Waals surface area contributed by atoms with E-state index in [0.717, 1.165) is 16.2 Å². The number of thiophene rings is 1. The summed E-state index contributed by atoms with van der Waals surface area (Å²) in [6, 6.07) is 5.05. The molecule has 0 N–H and O–H groups in total. The molecule has 3 aromatic rings. The number of amides is 1.